The van der Waals surface area contributed by atoms with E-state index in [9.17, 15) is 0 Å². The van der Waals surface area contributed by atoms with Gasteiger partial charge < -0.3 is 14.7 Å². The molecule has 0 radical (unpaired) electrons. The van der Waals surface area contributed by atoms with Crippen LogP contribution in [0.1, 0.15) is 18.1 Å². The van der Waals surface area contributed by atoms with Gasteiger partial charge in [-0.3, -0.25) is 0 Å². The van der Waals surface area contributed by atoms with Crippen molar-refractivity contribution in [3.63, 3.8) is 0 Å². The van der Waals surface area contributed by atoms with Gasteiger partial charge in [-0.1, -0.05) is 30.3 Å². The molecule has 1 saturated heterocycles. The molecule has 3 heterocycles. The highest BCUT2D eigenvalue weighted by atomic mass is 15.4. The Hall–Kier alpha value is -3.15. The van der Waals surface area contributed by atoms with Crippen molar-refractivity contribution in [2.24, 2.45) is 0 Å². The molecular formula is C23H26N6. The summed E-state index contributed by atoms with van der Waals surface area (Å²) < 4.78 is 0. The summed E-state index contributed by atoms with van der Waals surface area (Å²) in [5, 5.41) is 8.66. The summed E-state index contributed by atoms with van der Waals surface area (Å²) in [6.45, 7) is 8.18. The van der Waals surface area contributed by atoms with Gasteiger partial charge in [-0.2, -0.15) is 10.1 Å². The highest BCUT2D eigenvalue weighted by molar-refractivity contribution is 5.67. The smallest absolute Gasteiger partial charge is 0.252 e. The number of piperazine rings is 1. The summed E-state index contributed by atoms with van der Waals surface area (Å²) in [4.78, 5) is 11.9. The topological polar surface area (TPSA) is 48.4 Å². The summed E-state index contributed by atoms with van der Waals surface area (Å²) in [7, 11) is 0. The fourth-order valence-corrected chi connectivity index (χ4v) is 4.43. The van der Waals surface area contributed by atoms with Gasteiger partial charge in [0.25, 0.3) is 5.95 Å². The molecule has 1 atom stereocenters. The lowest BCUT2D eigenvalue weighted by atomic mass is 10.1. The van der Waals surface area contributed by atoms with E-state index in [2.05, 4.69) is 87.3 Å². The molecule has 6 heteroatoms. The summed E-state index contributed by atoms with van der Waals surface area (Å²) in [6, 6.07) is 17.6. The van der Waals surface area contributed by atoms with Crippen LogP contribution in [-0.4, -0.2) is 47.4 Å². The normalized spacial score (nSPS) is 18.8. The van der Waals surface area contributed by atoms with Gasteiger partial charge in [0, 0.05) is 43.6 Å². The van der Waals surface area contributed by atoms with Gasteiger partial charge in [-0.25, -0.2) is 0 Å². The molecule has 29 heavy (non-hydrogen) atoms. The molecule has 2 aromatic carbocycles. The third-order valence-electron chi connectivity index (χ3n) is 5.93. The molecule has 3 aromatic rings. The van der Waals surface area contributed by atoms with E-state index in [-0.39, 0.29) is 0 Å². The Bertz CT molecular complexity index is 1010. The highest BCUT2D eigenvalue weighted by Gasteiger charge is 2.29. The highest BCUT2D eigenvalue weighted by Crippen LogP contribution is 2.36. The van der Waals surface area contributed by atoms with Gasteiger partial charge in [-0.05, 0) is 49.6 Å². The Morgan fingerprint density at radius 3 is 2.55 bits per heavy atom. The van der Waals surface area contributed by atoms with E-state index >= 15 is 0 Å². The first-order chi connectivity index (χ1) is 14.2. The van der Waals surface area contributed by atoms with Crippen molar-refractivity contribution in [1.29, 1.82) is 0 Å². The van der Waals surface area contributed by atoms with Crippen LogP contribution in [0.15, 0.2) is 54.7 Å². The van der Waals surface area contributed by atoms with Gasteiger partial charge in [0.15, 0.2) is 5.82 Å². The maximum Gasteiger partial charge on any atom is 0.252 e. The Balaban J connectivity index is 1.34. The quantitative estimate of drug-likeness (QED) is 0.686. The third kappa shape index (κ3) is 3.39. The Kier molecular flexibility index (Phi) is 4.54. The molecule has 5 rings (SSSR count). The molecule has 0 N–H and O–H groups in total. The zero-order chi connectivity index (χ0) is 19.8. The van der Waals surface area contributed by atoms with Crippen molar-refractivity contribution >= 4 is 23.1 Å². The molecule has 6 nitrogen and oxygen atoms in total. The molecule has 0 aliphatic carbocycles. The molecule has 2 aliphatic rings. The second-order valence-corrected chi connectivity index (χ2v) is 7.98. The van der Waals surface area contributed by atoms with Crippen LogP contribution in [0.5, 0.6) is 0 Å². The Morgan fingerprint density at radius 1 is 0.931 bits per heavy atom. The van der Waals surface area contributed by atoms with Gasteiger partial charge in [0.05, 0.1) is 6.20 Å². The van der Waals surface area contributed by atoms with Gasteiger partial charge >= 0.3 is 0 Å². The van der Waals surface area contributed by atoms with Crippen molar-refractivity contribution in [2.45, 2.75) is 26.3 Å². The van der Waals surface area contributed by atoms with Crippen LogP contribution in [0.2, 0.25) is 0 Å². The summed E-state index contributed by atoms with van der Waals surface area (Å²) in [5.74, 6) is 1.61. The predicted molar refractivity (Wildman–Crippen MR) is 117 cm³/mol. The first kappa shape index (κ1) is 17.9. The van der Waals surface area contributed by atoms with Crippen LogP contribution in [0.3, 0.4) is 0 Å². The van der Waals surface area contributed by atoms with Crippen LogP contribution < -0.4 is 14.7 Å². The van der Waals surface area contributed by atoms with E-state index in [1.165, 1.54) is 22.5 Å². The maximum absolute atomic E-state index is 4.90. The molecule has 1 unspecified atom stereocenters. The zero-order valence-corrected chi connectivity index (χ0v) is 17.0. The molecule has 1 fully saturated rings. The summed E-state index contributed by atoms with van der Waals surface area (Å²) in [6.07, 6.45) is 2.80. The number of hydrogen-bond donors (Lipinski definition) is 0. The fraction of sp³-hybridized carbons (Fsp3) is 0.348. The molecule has 0 spiro atoms. The number of benzene rings is 2. The summed E-state index contributed by atoms with van der Waals surface area (Å²) >= 11 is 0. The Morgan fingerprint density at radius 2 is 1.72 bits per heavy atom. The molecule has 148 valence electrons. The Labute approximate surface area is 171 Å². The average Bonchev–Trinajstić information content (AvgIpc) is 3.09. The second-order valence-electron chi connectivity index (χ2n) is 7.98. The second kappa shape index (κ2) is 7.35. The number of rotatable bonds is 3. The molecule has 1 aromatic heterocycles. The fourth-order valence-electron chi connectivity index (χ4n) is 4.43. The monoisotopic (exact) mass is 386 g/mol. The first-order valence-electron chi connectivity index (χ1n) is 10.3. The van der Waals surface area contributed by atoms with Crippen LogP contribution in [0.25, 0.3) is 0 Å². The lowest BCUT2D eigenvalue weighted by Crippen LogP contribution is -2.47. The predicted octanol–water partition coefficient (Wildman–Crippen LogP) is 3.59. The van der Waals surface area contributed by atoms with Crippen LogP contribution in [0.4, 0.5) is 23.1 Å². The van der Waals surface area contributed by atoms with Gasteiger partial charge in [0.1, 0.15) is 0 Å². The van der Waals surface area contributed by atoms with E-state index in [1.54, 1.807) is 6.20 Å². The van der Waals surface area contributed by atoms with E-state index in [0.717, 1.165) is 38.4 Å². The van der Waals surface area contributed by atoms with E-state index < -0.39 is 0 Å². The molecular weight excluding hydrogens is 360 g/mol. The first-order valence-corrected chi connectivity index (χ1v) is 10.3. The summed E-state index contributed by atoms with van der Waals surface area (Å²) in [5.41, 5.74) is 5.15. The number of aryl methyl sites for hydroxylation is 1. The molecule has 0 bridgehead atoms. The van der Waals surface area contributed by atoms with Crippen molar-refractivity contribution in [3.8, 4) is 0 Å². The number of para-hydroxylation sites is 1. The number of anilines is 4. The van der Waals surface area contributed by atoms with E-state index in [1.807, 2.05) is 0 Å². The molecule has 0 amide bonds. The van der Waals surface area contributed by atoms with E-state index in [4.69, 9.17) is 4.98 Å². The lowest BCUT2D eigenvalue weighted by Gasteiger charge is -2.37. The van der Waals surface area contributed by atoms with Crippen LogP contribution >= 0.6 is 0 Å². The van der Waals surface area contributed by atoms with Gasteiger partial charge in [0.2, 0.25) is 0 Å². The van der Waals surface area contributed by atoms with E-state index in [0.29, 0.717) is 12.0 Å². The minimum atomic E-state index is 0.336. The number of fused-ring (bicyclic) bond motifs is 1. The van der Waals surface area contributed by atoms with Crippen molar-refractivity contribution in [1.82, 2.24) is 15.2 Å². The number of hydrogen-bond acceptors (Lipinski definition) is 6. The van der Waals surface area contributed by atoms with Crippen LogP contribution in [0, 0.1) is 6.92 Å². The van der Waals surface area contributed by atoms with Gasteiger partial charge in [-0.15, -0.1) is 5.10 Å². The van der Waals surface area contributed by atoms with Crippen molar-refractivity contribution in [3.05, 3.63) is 65.9 Å². The standard InChI is InChI=1S/C23H26N6/c1-17-6-5-8-20(14-17)27-10-12-28(13-11-27)22-16-24-26-23(25-22)29-18(2)15-19-7-3-4-9-21(19)29/h3-9,14,16,18H,10-13,15H2,1-2H3. The molecule has 2 aliphatic heterocycles. The minimum Gasteiger partial charge on any atom is -0.368 e. The number of aromatic nitrogens is 3. The third-order valence-corrected chi connectivity index (χ3v) is 5.93. The maximum atomic E-state index is 4.90. The average molecular weight is 387 g/mol. The SMILES string of the molecule is Cc1cccc(N2CCN(c3cnnc(N4c5ccccc5CC4C)n3)CC2)c1. The minimum absolute atomic E-state index is 0.336. The number of nitrogens with zero attached hydrogens (tertiary/aromatic N) is 6. The lowest BCUT2D eigenvalue weighted by molar-refractivity contribution is 0.642. The zero-order valence-electron chi connectivity index (χ0n) is 17.0. The van der Waals surface area contributed by atoms with Crippen molar-refractivity contribution < 1.29 is 0 Å². The molecule has 0 saturated carbocycles. The van der Waals surface area contributed by atoms with Crippen molar-refractivity contribution in [2.75, 3.05) is 40.9 Å². The van der Waals surface area contributed by atoms with Crippen LogP contribution in [-0.2, 0) is 6.42 Å². The largest absolute Gasteiger partial charge is 0.368 e.